The number of rotatable bonds is 3. The molecule has 1 amide bonds. The topological polar surface area (TPSA) is 62.1 Å². The molecule has 0 atom stereocenters. The molecule has 0 radical (unpaired) electrons. The number of halogens is 4. The zero-order valence-corrected chi connectivity index (χ0v) is 16.3. The van der Waals surface area contributed by atoms with Crippen LogP contribution in [0, 0.1) is 0 Å². The van der Waals surface area contributed by atoms with Gasteiger partial charge in [0, 0.05) is 4.47 Å². The van der Waals surface area contributed by atoms with Crippen molar-refractivity contribution < 1.29 is 27.8 Å². The van der Waals surface area contributed by atoms with Gasteiger partial charge in [-0.05, 0) is 48.9 Å². The summed E-state index contributed by atoms with van der Waals surface area (Å²) in [7, 11) is 1.39. The van der Waals surface area contributed by atoms with Gasteiger partial charge >= 0.3 is 6.18 Å². The van der Waals surface area contributed by atoms with Crippen LogP contribution in [0.2, 0.25) is 0 Å². The number of nitrogens with zero attached hydrogens (tertiary/aromatic N) is 2. The number of ether oxygens (including phenoxy) is 1. The van der Waals surface area contributed by atoms with E-state index in [2.05, 4.69) is 21.0 Å². The molecular weight excluding hydrogens is 441 g/mol. The average molecular weight is 455 g/mol. The summed E-state index contributed by atoms with van der Waals surface area (Å²) in [6, 6.07) is 7.35. The van der Waals surface area contributed by atoms with Gasteiger partial charge in [-0.15, -0.1) is 0 Å². The Morgan fingerprint density at radius 2 is 1.96 bits per heavy atom. The van der Waals surface area contributed by atoms with Crippen LogP contribution in [0.15, 0.2) is 51.5 Å². The molecule has 9 heteroatoms. The van der Waals surface area contributed by atoms with Crippen molar-refractivity contribution in [2.24, 2.45) is 5.10 Å². The molecule has 0 aliphatic carbocycles. The highest BCUT2D eigenvalue weighted by Crippen LogP contribution is 2.36. The Bertz CT molecular complexity index is 1020. The number of carbonyl (C=O) groups is 1. The fourth-order valence-corrected chi connectivity index (χ4v) is 3.11. The Balaban J connectivity index is 1.99. The van der Waals surface area contributed by atoms with Crippen molar-refractivity contribution in [1.29, 1.82) is 0 Å². The first-order chi connectivity index (χ1) is 13.1. The minimum Gasteiger partial charge on any atom is -0.504 e. The van der Waals surface area contributed by atoms with Crippen LogP contribution in [0.3, 0.4) is 0 Å². The molecule has 0 fully saturated rings. The SMILES string of the molecule is COc1cc(/C=C2/C(=O)N(c3cccc(C(F)(F)F)c3)N=C2C)c(Br)cc1O. The summed E-state index contributed by atoms with van der Waals surface area (Å²) < 4.78 is 44.4. The smallest absolute Gasteiger partial charge is 0.416 e. The Morgan fingerprint density at radius 1 is 1.25 bits per heavy atom. The lowest BCUT2D eigenvalue weighted by molar-refractivity contribution is -0.137. The summed E-state index contributed by atoms with van der Waals surface area (Å²) in [5, 5.41) is 14.8. The summed E-state index contributed by atoms with van der Waals surface area (Å²) >= 11 is 3.30. The molecule has 1 aliphatic heterocycles. The number of phenols is 1. The lowest BCUT2D eigenvalue weighted by Crippen LogP contribution is -2.21. The van der Waals surface area contributed by atoms with Gasteiger partial charge in [-0.2, -0.15) is 23.3 Å². The third-order valence-electron chi connectivity index (χ3n) is 4.08. The van der Waals surface area contributed by atoms with Crippen molar-refractivity contribution in [3.05, 3.63) is 57.6 Å². The maximum Gasteiger partial charge on any atom is 0.416 e. The van der Waals surface area contributed by atoms with Crippen LogP contribution in [0.1, 0.15) is 18.1 Å². The summed E-state index contributed by atoms with van der Waals surface area (Å²) in [6.45, 7) is 1.59. The number of phenolic OH excluding ortho intramolecular Hbond substituents is 1. The molecule has 28 heavy (non-hydrogen) atoms. The molecule has 0 saturated carbocycles. The van der Waals surface area contributed by atoms with Crippen LogP contribution in [0.25, 0.3) is 6.08 Å². The zero-order valence-electron chi connectivity index (χ0n) is 14.7. The van der Waals surface area contributed by atoms with Gasteiger partial charge in [0.05, 0.1) is 29.6 Å². The fraction of sp³-hybridized carbons (Fsp3) is 0.158. The number of anilines is 1. The van der Waals surface area contributed by atoms with Crippen molar-refractivity contribution >= 4 is 39.3 Å². The van der Waals surface area contributed by atoms with E-state index in [1.807, 2.05) is 0 Å². The minimum atomic E-state index is -4.52. The second kappa shape index (κ2) is 7.31. The molecule has 146 valence electrons. The molecule has 0 spiro atoms. The monoisotopic (exact) mass is 454 g/mol. The minimum absolute atomic E-state index is 0.0185. The molecule has 0 aromatic heterocycles. The van der Waals surface area contributed by atoms with Gasteiger partial charge in [-0.25, -0.2) is 0 Å². The van der Waals surface area contributed by atoms with E-state index in [1.165, 1.54) is 37.5 Å². The quantitative estimate of drug-likeness (QED) is 0.664. The number of benzene rings is 2. The molecule has 0 unspecified atom stereocenters. The molecule has 0 bridgehead atoms. The Morgan fingerprint density at radius 3 is 2.61 bits per heavy atom. The molecule has 1 heterocycles. The van der Waals surface area contributed by atoms with Gasteiger partial charge in [0.2, 0.25) is 0 Å². The zero-order chi connectivity index (χ0) is 20.6. The number of hydrazone groups is 1. The third-order valence-corrected chi connectivity index (χ3v) is 4.77. The number of carbonyl (C=O) groups excluding carboxylic acids is 1. The van der Waals surface area contributed by atoms with Crippen molar-refractivity contribution in [1.82, 2.24) is 0 Å². The number of methoxy groups -OCH3 is 1. The van der Waals surface area contributed by atoms with E-state index >= 15 is 0 Å². The van der Waals surface area contributed by atoms with Gasteiger partial charge in [0.1, 0.15) is 0 Å². The summed E-state index contributed by atoms with van der Waals surface area (Å²) in [5.41, 5.74) is 0.254. The predicted molar refractivity (Wildman–Crippen MR) is 102 cm³/mol. The third kappa shape index (κ3) is 3.75. The summed E-state index contributed by atoms with van der Waals surface area (Å²) in [6.07, 6.45) is -3.00. The lowest BCUT2D eigenvalue weighted by Gasteiger charge is -2.14. The summed E-state index contributed by atoms with van der Waals surface area (Å²) in [5.74, 6) is -0.425. The average Bonchev–Trinajstić information content (AvgIpc) is 2.91. The second-order valence-electron chi connectivity index (χ2n) is 5.95. The van der Waals surface area contributed by atoms with Crippen LogP contribution in [-0.4, -0.2) is 23.8 Å². The second-order valence-corrected chi connectivity index (χ2v) is 6.81. The standard InChI is InChI=1S/C19H14BrF3N2O3/c1-10-14(6-11-7-17(28-2)16(26)9-15(11)20)18(27)25(24-10)13-5-3-4-12(8-13)19(21,22)23/h3-9,26H,1-2H3/b14-6+. The van der Waals surface area contributed by atoms with Crippen molar-refractivity contribution in [2.75, 3.05) is 12.1 Å². The van der Waals surface area contributed by atoms with Crippen LogP contribution < -0.4 is 9.75 Å². The summed E-state index contributed by atoms with van der Waals surface area (Å²) in [4.78, 5) is 12.8. The van der Waals surface area contributed by atoms with Gasteiger partial charge in [-0.1, -0.05) is 22.0 Å². The van der Waals surface area contributed by atoms with Crippen molar-refractivity contribution in [3.63, 3.8) is 0 Å². The molecule has 0 saturated heterocycles. The van der Waals surface area contributed by atoms with E-state index in [9.17, 15) is 23.1 Å². The highest BCUT2D eigenvalue weighted by Gasteiger charge is 2.33. The van der Waals surface area contributed by atoms with Crippen LogP contribution in [0.5, 0.6) is 11.5 Å². The van der Waals surface area contributed by atoms with Gasteiger partial charge in [0.25, 0.3) is 5.91 Å². The van der Waals surface area contributed by atoms with Crippen molar-refractivity contribution in [2.45, 2.75) is 13.1 Å². The van der Waals surface area contributed by atoms with Crippen LogP contribution in [0.4, 0.5) is 18.9 Å². The van der Waals surface area contributed by atoms with Gasteiger partial charge in [0.15, 0.2) is 11.5 Å². The first-order valence-corrected chi connectivity index (χ1v) is 8.76. The van der Waals surface area contributed by atoms with E-state index in [0.29, 0.717) is 15.7 Å². The van der Waals surface area contributed by atoms with Gasteiger partial charge in [-0.3, -0.25) is 4.79 Å². The lowest BCUT2D eigenvalue weighted by atomic mass is 10.1. The molecule has 1 aliphatic rings. The largest absolute Gasteiger partial charge is 0.504 e. The normalized spacial score (nSPS) is 15.9. The molecule has 2 aromatic rings. The van der Waals surface area contributed by atoms with E-state index in [-0.39, 0.29) is 22.8 Å². The Hall–Kier alpha value is -2.81. The predicted octanol–water partition coefficient (Wildman–Crippen LogP) is 4.99. The Kier molecular flexibility index (Phi) is 5.20. The number of alkyl halides is 3. The van der Waals surface area contributed by atoms with Gasteiger partial charge < -0.3 is 9.84 Å². The maximum absolute atomic E-state index is 13.0. The van der Waals surface area contributed by atoms with E-state index in [0.717, 1.165) is 17.1 Å². The van der Waals surface area contributed by atoms with Crippen LogP contribution in [-0.2, 0) is 11.0 Å². The number of amides is 1. The fourth-order valence-electron chi connectivity index (χ4n) is 2.66. The highest BCUT2D eigenvalue weighted by molar-refractivity contribution is 9.10. The number of hydrogen-bond donors (Lipinski definition) is 1. The van der Waals surface area contributed by atoms with Crippen molar-refractivity contribution in [3.8, 4) is 11.5 Å². The first kappa shape index (κ1) is 19.9. The number of hydrogen-bond acceptors (Lipinski definition) is 4. The van der Waals surface area contributed by atoms with E-state index in [1.54, 1.807) is 6.92 Å². The molecular formula is C19H14BrF3N2O3. The van der Waals surface area contributed by atoms with E-state index in [4.69, 9.17) is 4.74 Å². The van der Waals surface area contributed by atoms with E-state index < -0.39 is 17.6 Å². The Labute approximate surface area is 166 Å². The maximum atomic E-state index is 13.0. The number of aromatic hydroxyl groups is 1. The molecule has 3 rings (SSSR count). The molecule has 5 nitrogen and oxygen atoms in total. The molecule has 2 aromatic carbocycles. The highest BCUT2D eigenvalue weighted by atomic mass is 79.9. The molecule has 1 N–H and O–H groups in total. The van der Waals surface area contributed by atoms with Crippen LogP contribution >= 0.6 is 15.9 Å². The first-order valence-electron chi connectivity index (χ1n) is 7.97.